The smallest absolute Gasteiger partial charge is 0.308 e. The lowest BCUT2D eigenvalue weighted by Gasteiger charge is -2.15. The van der Waals surface area contributed by atoms with Gasteiger partial charge in [-0.1, -0.05) is 13.8 Å². The predicted molar refractivity (Wildman–Crippen MR) is 56.0 cm³/mol. The first kappa shape index (κ1) is 11.5. The number of esters is 1. The summed E-state index contributed by atoms with van der Waals surface area (Å²) in [5.74, 6) is 0.117. The molecule has 0 radical (unpaired) electrons. The Hall–Kier alpha value is -0.570. The van der Waals surface area contributed by atoms with Crippen molar-refractivity contribution in [2.24, 2.45) is 5.92 Å². The summed E-state index contributed by atoms with van der Waals surface area (Å²) in [5, 5.41) is 3.46. The van der Waals surface area contributed by atoms with Crippen molar-refractivity contribution < 1.29 is 9.53 Å². The van der Waals surface area contributed by atoms with E-state index in [0.29, 0.717) is 18.7 Å². The molecule has 0 heterocycles. The van der Waals surface area contributed by atoms with E-state index in [4.69, 9.17) is 4.74 Å². The van der Waals surface area contributed by atoms with E-state index in [1.54, 1.807) is 0 Å². The van der Waals surface area contributed by atoms with E-state index in [-0.39, 0.29) is 11.9 Å². The first-order valence-electron chi connectivity index (χ1n) is 5.56. The van der Waals surface area contributed by atoms with Crippen LogP contribution in [0, 0.1) is 5.92 Å². The summed E-state index contributed by atoms with van der Waals surface area (Å²) >= 11 is 0. The second-order valence-electron chi connectivity index (χ2n) is 4.28. The van der Waals surface area contributed by atoms with E-state index < -0.39 is 0 Å². The number of carbonyl (C=O) groups is 1. The van der Waals surface area contributed by atoms with Crippen molar-refractivity contribution >= 4 is 5.97 Å². The number of hydrogen-bond acceptors (Lipinski definition) is 3. The van der Waals surface area contributed by atoms with Gasteiger partial charge in [-0.3, -0.25) is 4.79 Å². The normalized spacial score (nSPS) is 26.9. The molecule has 3 heteroatoms. The van der Waals surface area contributed by atoms with Crippen molar-refractivity contribution in [3.05, 3.63) is 0 Å². The van der Waals surface area contributed by atoms with Crippen LogP contribution in [0.25, 0.3) is 0 Å². The van der Waals surface area contributed by atoms with Crippen molar-refractivity contribution in [2.45, 2.75) is 52.1 Å². The summed E-state index contributed by atoms with van der Waals surface area (Å²) in [6.07, 6.45) is 3.02. The minimum Gasteiger partial charge on any atom is -0.466 e. The highest BCUT2D eigenvalue weighted by atomic mass is 16.5. The fourth-order valence-electron chi connectivity index (χ4n) is 2.08. The van der Waals surface area contributed by atoms with Crippen LogP contribution in [0.4, 0.5) is 0 Å². The van der Waals surface area contributed by atoms with E-state index in [2.05, 4.69) is 19.2 Å². The molecule has 0 amide bonds. The van der Waals surface area contributed by atoms with Gasteiger partial charge in [-0.05, 0) is 26.2 Å². The van der Waals surface area contributed by atoms with Crippen molar-refractivity contribution in [3.8, 4) is 0 Å². The summed E-state index contributed by atoms with van der Waals surface area (Å²) in [5.41, 5.74) is 0. The predicted octanol–water partition coefficient (Wildman–Crippen LogP) is 1.72. The van der Waals surface area contributed by atoms with Crippen LogP contribution in [0.5, 0.6) is 0 Å². The minimum absolute atomic E-state index is 0.0134. The molecule has 0 aliphatic heterocycles. The fourth-order valence-corrected chi connectivity index (χ4v) is 2.08. The van der Waals surface area contributed by atoms with Crippen LogP contribution in [-0.2, 0) is 9.53 Å². The maximum absolute atomic E-state index is 11.4. The highest BCUT2D eigenvalue weighted by Gasteiger charge is 2.30. The van der Waals surface area contributed by atoms with Crippen LogP contribution in [0.3, 0.4) is 0 Å². The number of carbonyl (C=O) groups excluding carboxylic acids is 1. The average Bonchev–Trinajstić information content (AvgIpc) is 2.52. The van der Waals surface area contributed by atoms with Gasteiger partial charge in [0.15, 0.2) is 0 Å². The monoisotopic (exact) mass is 199 g/mol. The Balaban J connectivity index is 2.29. The lowest BCUT2D eigenvalue weighted by Crippen LogP contribution is -2.33. The highest BCUT2D eigenvalue weighted by Crippen LogP contribution is 2.26. The molecule has 2 unspecified atom stereocenters. The van der Waals surface area contributed by atoms with Gasteiger partial charge in [-0.2, -0.15) is 0 Å². The van der Waals surface area contributed by atoms with Gasteiger partial charge < -0.3 is 10.1 Å². The quantitative estimate of drug-likeness (QED) is 0.701. The fraction of sp³-hybridized carbons (Fsp3) is 0.909. The molecule has 1 aliphatic rings. The molecule has 82 valence electrons. The molecule has 1 aliphatic carbocycles. The molecule has 14 heavy (non-hydrogen) atoms. The molecule has 0 saturated heterocycles. The summed E-state index contributed by atoms with van der Waals surface area (Å²) < 4.78 is 5.01. The van der Waals surface area contributed by atoms with E-state index >= 15 is 0 Å². The Morgan fingerprint density at radius 2 is 2.21 bits per heavy atom. The van der Waals surface area contributed by atoms with Crippen molar-refractivity contribution in [2.75, 3.05) is 6.61 Å². The zero-order chi connectivity index (χ0) is 10.6. The second kappa shape index (κ2) is 5.35. The van der Waals surface area contributed by atoms with Gasteiger partial charge in [0.05, 0.1) is 12.5 Å². The van der Waals surface area contributed by atoms with Gasteiger partial charge >= 0.3 is 5.97 Å². The van der Waals surface area contributed by atoms with E-state index in [9.17, 15) is 4.79 Å². The Bertz CT molecular complexity index is 192. The van der Waals surface area contributed by atoms with Gasteiger partial charge in [0.2, 0.25) is 0 Å². The number of ether oxygens (including phenoxy) is 1. The highest BCUT2D eigenvalue weighted by molar-refractivity contribution is 5.72. The molecule has 1 saturated carbocycles. The zero-order valence-corrected chi connectivity index (χ0v) is 9.38. The van der Waals surface area contributed by atoms with Crippen molar-refractivity contribution in [1.82, 2.24) is 5.32 Å². The van der Waals surface area contributed by atoms with Gasteiger partial charge in [-0.15, -0.1) is 0 Å². The van der Waals surface area contributed by atoms with Gasteiger partial charge in [0, 0.05) is 12.1 Å². The first-order chi connectivity index (χ1) is 6.63. The van der Waals surface area contributed by atoms with Crippen LogP contribution in [0.15, 0.2) is 0 Å². The molecule has 0 bridgehead atoms. The zero-order valence-electron chi connectivity index (χ0n) is 9.38. The first-order valence-corrected chi connectivity index (χ1v) is 5.56. The van der Waals surface area contributed by atoms with Crippen LogP contribution in [-0.4, -0.2) is 24.7 Å². The van der Waals surface area contributed by atoms with Gasteiger partial charge in [-0.25, -0.2) is 0 Å². The Morgan fingerprint density at radius 1 is 1.50 bits per heavy atom. The summed E-state index contributed by atoms with van der Waals surface area (Å²) in [4.78, 5) is 11.4. The Labute approximate surface area is 86.2 Å². The molecule has 0 spiro atoms. The van der Waals surface area contributed by atoms with Gasteiger partial charge in [0.1, 0.15) is 0 Å². The van der Waals surface area contributed by atoms with Crippen LogP contribution in [0.1, 0.15) is 40.0 Å². The standard InChI is InChI=1S/C11H21NO2/c1-4-14-11(13)9-5-6-10(7-9)12-8(2)3/h8-10,12H,4-7H2,1-3H3. The molecule has 1 N–H and O–H groups in total. The number of nitrogens with one attached hydrogen (secondary N) is 1. The van der Waals surface area contributed by atoms with E-state index in [1.807, 2.05) is 6.92 Å². The van der Waals surface area contributed by atoms with E-state index in [0.717, 1.165) is 19.3 Å². The third kappa shape index (κ3) is 3.29. The minimum atomic E-state index is -0.0134. The average molecular weight is 199 g/mol. The number of hydrogen-bond donors (Lipinski definition) is 1. The Morgan fingerprint density at radius 3 is 2.79 bits per heavy atom. The summed E-state index contributed by atoms with van der Waals surface area (Å²) in [6.45, 7) is 6.63. The molecule has 1 fully saturated rings. The molecular weight excluding hydrogens is 178 g/mol. The molecule has 2 atom stereocenters. The lowest BCUT2D eigenvalue weighted by atomic mass is 10.1. The van der Waals surface area contributed by atoms with Crippen LogP contribution < -0.4 is 5.32 Å². The second-order valence-corrected chi connectivity index (χ2v) is 4.28. The molecular formula is C11H21NO2. The van der Waals surface area contributed by atoms with Crippen LogP contribution in [0.2, 0.25) is 0 Å². The third-order valence-electron chi connectivity index (χ3n) is 2.62. The largest absolute Gasteiger partial charge is 0.466 e. The summed E-state index contributed by atoms with van der Waals surface area (Å²) in [6, 6.07) is 1.00. The van der Waals surface area contributed by atoms with Crippen molar-refractivity contribution in [3.63, 3.8) is 0 Å². The maximum atomic E-state index is 11.4. The van der Waals surface area contributed by atoms with Crippen molar-refractivity contribution in [1.29, 1.82) is 0 Å². The number of rotatable bonds is 4. The molecule has 0 aromatic heterocycles. The Kier molecular flexibility index (Phi) is 4.39. The summed E-state index contributed by atoms with van der Waals surface area (Å²) in [7, 11) is 0. The van der Waals surface area contributed by atoms with Crippen LogP contribution >= 0.6 is 0 Å². The van der Waals surface area contributed by atoms with E-state index in [1.165, 1.54) is 0 Å². The SMILES string of the molecule is CCOC(=O)C1CCC(NC(C)C)C1. The lowest BCUT2D eigenvalue weighted by molar-refractivity contribution is -0.147. The topological polar surface area (TPSA) is 38.3 Å². The molecule has 0 aromatic rings. The molecule has 1 rings (SSSR count). The molecule has 0 aromatic carbocycles. The maximum Gasteiger partial charge on any atom is 0.308 e. The third-order valence-corrected chi connectivity index (χ3v) is 2.62. The molecule has 3 nitrogen and oxygen atoms in total. The van der Waals surface area contributed by atoms with Gasteiger partial charge in [0.25, 0.3) is 0 Å².